The van der Waals surface area contributed by atoms with Gasteiger partial charge in [0.2, 0.25) is 5.91 Å². The molecule has 1 N–H and O–H groups in total. The average Bonchev–Trinajstić information content (AvgIpc) is 2.85. The molecule has 0 aliphatic carbocycles. The zero-order valence-corrected chi connectivity index (χ0v) is 13.9. The first-order valence-corrected chi connectivity index (χ1v) is 7.87. The third kappa shape index (κ3) is 3.91. The topological polar surface area (TPSA) is 62.6 Å². The van der Waals surface area contributed by atoms with Crippen LogP contribution in [0.3, 0.4) is 0 Å². The van der Waals surface area contributed by atoms with E-state index in [9.17, 15) is 22.8 Å². The van der Waals surface area contributed by atoms with Crippen LogP contribution in [0.4, 0.5) is 13.2 Å². The van der Waals surface area contributed by atoms with Crippen molar-refractivity contribution >= 4 is 11.8 Å². The van der Waals surface area contributed by atoms with E-state index in [4.69, 9.17) is 4.42 Å². The molecule has 8 heteroatoms. The molecule has 2 rings (SSSR count). The number of carbonyl (C=O) groups is 2. The number of alkyl halides is 3. The van der Waals surface area contributed by atoms with Crippen molar-refractivity contribution in [3.63, 3.8) is 0 Å². The Labute approximate surface area is 138 Å². The van der Waals surface area contributed by atoms with E-state index >= 15 is 0 Å². The van der Waals surface area contributed by atoms with Crippen LogP contribution in [-0.4, -0.2) is 41.5 Å². The highest BCUT2D eigenvalue weighted by atomic mass is 19.4. The van der Waals surface area contributed by atoms with Gasteiger partial charge in [-0.05, 0) is 31.4 Å². The molecular formula is C16H21F3N2O3. The molecule has 0 bridgehead atoms. The predicted molar refractivity (Wildman–Crippen MR) is 80.5 cm³/mol. The minimum absolute atomic E-state index is 0.0953. The first kappa shape index (κ1) is 18.4. The summed E-state index contributed by atoms with van der Waals surface area (Å²) in [4.78, 5) is 24.5. The Kier molecular flexibility index (Phi) is 5.25. The first-order valence-electron chi connectivity index (χ1n) is 7.87. The van der Waals surface area contributed by atoms with E-state index in [0.29, 0.717) is 12.2 Å². The van der Waals surface area contributed by atoms with E-state index in [-0.39, 0.29) is 31.1 Å². The Morgan fingerprint density at radius 1 is 1.38 bits per heavy atom. The van der Waals surface area contributed by atoms with Gasteiger partial charge in [-0.2, -0.15) is 13.2 Å². The van der Waals surface area contributed by atoms with Crippen LogP contribution in [-0.2, 0) is 11.2 Å². The minimum Gasteiger partial charge on any atom is -0.456 e. The van der Waals surface area contributed by atoms with Gasteiger partial charge in [-0.15, -0.1) is 0 Å². The monoisotopic (exact) mass is 346 g/mol. The van der Waals surface area contributed by atoms with Gasteiger partial charge < -0.3 is 14.6 Å². The Morgan fingerprint density at radius 3 is 2.54 bits per heavy atom. The summed E-state index contributed by atoms with van der Waals surface area (Å²) < 4.78 is 45.3. The summed E-state index contributed by atoms with van der Waals surface area (Å²) in [7, 11) is 0. The molecule has 5 nitrogen and oxygen atoms in total. The average molecular weight is 346 g/mol. The number of hydrogen-bond donors (Lipinski definition) is 1. The van der Waals surface area contributed by atoms with Crippen molar-refractivity contribution in [3.05, 3.63) is 23.2 Å². The fourth-order valence-electron chi connectivity index (χ4n) is 3.06. The molecule has 0 spiro atoms. The molecule has 1 fully saturated rings. The summed E-state index contributed by atoms with van der Waals surface area (Å²) in [6.07, 6.45) is -4.05. The van der Waals surface area contributed by atoms with Crippen LogP contribution in [0.25, 0.3) is 0 Å². The second kappa shape index (κ2) is 6.86. The molecule has 1 aliphatic heterocycles. The zero-order valence-electron chi connectivity index (χ0n) is 13.9. The lowest BCUT2D eigenvalue weighted by molar-refractivity contribution is -0.184. The second-order valence-corrected chi connectivity index (χ2v) is 6.06. The van der Waals surface area contributed by atoms with Gasteiger partial charge in [0.15, 0.2) is 5.76 Å². The standard InChI is InChI=1S/C16H21F3N2O3/c1-4-12-9(2)7-13(24-12)15(23)21-8-11(20-10(3)22)5-6-14(21)16(17,18)19/h7,11,14H,4-6,8H2,1-3H3,(H,20,22)/t11-,14+/m1/s1. The molecule has 0 unspecified atom stereocenters. The summed E-state index contributed by atoms with van der Waals surface area (Å²) in [5.74, 6) is -0.644. The maximum atomic E-state index is 13.3. The number of carbonyl (C=O) groups excluding carboxylic acids is 2. The summed E-state index contributed by atoms with van der Waals surface area (Å²) in [5, 5.41) is 2.59. The first-order chi connectivity index (χ1) is 11.1. The summed E-state index contributed by atoms with van der Waals surface area (Å²) in [6, 6.07) is -0.895. The minimum atomic E-state index is -4.52. The van der Waals surface area contributed by atoms with E-state index in [1.165, 1.54) is 13.0 Å². The molecule has 1 aliphatic rings. The van der Waals surface area contributed by atoms with Crippen LogP contribution >= 0.6 is 0 Å². The Bertz CT molecular complexity index is 625. The van der Waals surface area contributed by atoms with Gasteiger partial charge in [0.05, 0.1) is 0 Å². The number of piperidine rings is 1. The van der Waals surface area contributed by atoms with Gasteiger partial charge >= 0.3 is 6.18 Å². The fraction of sp³-hybridized carbons (Fsp3) is 0.625. The van der Waals surface area contributed by atoms with Crippen LogP contribution < -0.4 is 5.32 Å². The quantitative estimate of drug-likeness (QED) is 0.915. The Balaban J connectivity index is 2.28. The highest BCUT2D eigenvalue weighted by Crippen LogP contribution is 2.33. The van der Waals surface area contributed by atoms with Crippen LogP contribution in [0.15, 0.2) is 10.5 Å². The highest BCUT2D eigenvalue weighted by Gasteiger charge is 2.48. The van der Waals surface area contributed by atoms with E-state index < -0.39 is 24.2 Å². The molecule has 24 heavy (non-hydrogen) atoms. The number of nitrogens with zero attached hydrogens (tertiary/aromatic N) is 1. The van der Waals surface area contributed by atoms with Crippen LogP contribution in [0.2, 0.25) is 0 Å². The van der Waals surface area contributed by atoms with Crippen LogP contribution in [0.1, 0.15) is 48.6 Å². The van der Waals surface area contributed by atoms with Gasteiger partial charge in [-0.1, -0.05) is 6.92 Å². The van der Waals surface area contributed by atoms with Gasteiger partial charge in [-0.25, -0.2) is 0 Å². The Hall–Kier alpha value is -1.99. The van der Waals surface area contributed by atoms with Gasteiger partial charge in [0, 0.05) is 25.9 Å². The number of rotatable bonds is 3. The summed E-state index contributed by atoms with van der Waals surface area (Å²) in [5.41, 5.74) is 0.736. The normalized spacial score (nSPS) is 21.7. The van der Waals surface area contributed by atoms with E-state index in [2.05, 4.69) is 5.32 Å². The van der Waals surface area contributed by atoms with Crippen molar-refractivity contribution < 1.29 is 27.2 Å². The fourth-order valence-corrected chi connectivity index (χ4v) is 3.06. The van der Waals surface area contributed by atoms with Crippen LogP contribution in [0, 0.1) is 6.92 Å². The predicted octanol–water partition coefficient (Wildman–Crippen LogP) is 2.82. The SMILES string of the molecule is CCc1oc(C(=O)N2C[C@H](NC(C)=O)CC[C@H]2C(F)(F)F)cc1C. The maximum absolute atomic E-state index is 13.3. The van der Waals surface area contributed by atoms with Crippen molar-refractivity contribution in [2.45, 2.75) is 58.3 Å². The van der Waals surface area contributed by atoms with Crippen molar-refractivity contribution in [2.75, 3.05) is 6.54 Å². The number of nitrogens with one attached hydrogen (secondary N) is 1. The lowest BCUT2D eigenvalue weighted by atomic mass is 9.97. The Morgan fingerprint density at radius 2 is 2.04 bits per heavy atom. The van der Waals surface area contributed by atoms with Gasteiger partial charge in [0.1, 0.15) is 11.8 Å². The highest BCUT2D eigenvalue weighted by molar-refractivity contribution is 5.92. The molecule has 1 aromatic heterocycles. The van der Waals surface area contributed by atoms with Gasteiger partial charge in [0.25, 0.3) is 5.91 Å². The molecule has 1 saturated heterocycles. The van der Waals surface area contributed by atoms with Gasteiger partial charge in [-0.3, -0.25) is 9.59 Å². The molecular weight excluding hydrogens is 325 g/mol. The summed E-state index contributed by atoms with van der Waals surface area (Å²) in [6.45, 7) is 4.69. The largest absolute Gasteiger partial charge is 0.456 e. The molecule has 0 radical (unpaired) electrons. The van der Waals surface area contributed by atoms with Crippen molar-refractivity contribution in [3.8, 4) is 0 Å². The molecule has 0 saturated carbocycles. The zero-order chi connectivity index (χ0) is 18.1. The smallest absolute Gasteiger partial charge is 0.408 e. The number of halogens is 3. The van der Waals surface area contributed by atoms with E-state index in [0.717, 1.165) is 10.5 Å². The van der Waals surface area contributed by atoms with Crippen molar-refractivity contribution in [1.29, 1.82) is 0 Å². The number of amides is 2. The van der Waals surface area contributed by atoms with E-state index in [1.54, 1.807) is 6.92 Å². The number of likely N-dealkylation sites (tertiary alicyclic amines) is 1. The van der Waals surface area contributed by atoms with Crippen molar-refractivity contribution in [1.82, 2.24) is 10.2 Å². The second-order valence-electron chi connectivity index (χ2n) is 6.06. The number of aryl methyl sites for hydroxylation is 2. The molecule has 1 aromatic rings. The lowest BCUT2D eigenvalue weighted by Crippen LogP contribution is -2.58. The molecule has 2 atom stereocenters. The molecule has 2 heterocycles. The van der Waals surface area contributed by atoms with Crippen molar-refractivity contribution in [2.24, 2.45) is 0 Å². The van der Waals surface area contributed by atoms with E-state index in [1.807, 2.05) is 6.92 Å². The lowest BCUT2D eigenvalue weighted by Gasteiger charge is -2.40. The number of hydrogen-bond acceptors (Lipinski definition) is 3. The third-order valence-corrected chi connectivity index (χ3v) is 4.18. The molecule has 134 valence electrons. The van der Waals surface area contributed by atoms with Crippen LogP contribution in [0.5, 0.6) is 0 Å². The summed E-state index contributed by atoms with van der Waals surface area (Å²) >= 11 is 0. The molecule has 0 aromatic carbocycles. The number of furan rings is 1. The molecule has 2 amide bonds. The maximum Gasteiger partial charge on any atom is 0.408 e. The third-order valence-electron chi connectivity index (χ3n) is 4.18.